The Morgan fingerprint density at radius 3 is 2.78 bits per heavy atom. The van der Waals surface area contributed by atoms with E-state index in [9.17, 15) is 5.26 Å². The molecule has 1 aliphatic rings. The van der Waals surface area contributed by atoms with E-state index in [2.05, 4.69) is 11.4 Å². The van der Waals surface area contributed by atoms with Crippen LogP contribution in [0, 0.1) is 24.2 Å². The van der Waals surface area contributed by atoms with Crippen molar-refractivity contribution in [2.24, 2.45) is 11.7 Å². The van der Waals surface area contributed by atoms with Crippen LogP contribution in [-0.2, 0) is 0 Å². The zero-order valence-electron chi connectivity index (χ0n) is 10.9. The van der Waals surface area contributed by atoms with Gasteiger partial charge in [0.2, 0.25) is 0 Å². The van der Waals surface area contributed by atoms with Gasteiger partial charge in [-0.05, 0) is 43.4 Å². The molecule has 1 fully saturated rings. The summed E-state index contributed by atoms with van der Waals surface area (Å²) in [6.45, 7) is 2.63. The maximum atomic E-state index is 9.17. The first kappa shape index (κ1) is 12.9. The molecule has 1 atom stereocenters. The molecule has 0 spiro atoms. The van der Waals surface area contributed by atoms with Gasteiger partial charge >= 0.3 is 0 Å². The largest absolute Gasteiger partial charge is 0.380 e. The summed E-state index contributed by atoms with van der Waals surface area (Å²) in [4.78, 5) is 0. The first-order valence-corrected chi connectivity index (χ1v) is 6.72. The fourth-order valence-corrected chi connectivity index (χ4v) is 2.81. The minimum absolute atomic E-state index is 0.294. The van der Waals surface area contributed by atoms with Gasteiger partial charge in [0, 0.05) is 12.6 Å². The maximum absolute atomic E-state index is 9.17. The standard InChI is InChI=1S/C15H21N3/c1-11-6-7-14(13(8-11)9-16)18-15(10-17)12-4-2-3-5-12/h6-8,12,15,18H,2-5,10,17H2,1H3. The lowest BCUT2D eigenvalue weighted by molar-refractivity contribution is 0.462. The third kappa shape index (κ3) is 2.83. The van der Waals surface area contributed by atoms with E-state index in [1.54, 1.807) is 0 Å². The molecule has 3 nitrogen and oxygen atoms in total. The van der Waals surface area contributed by atoms with Crippen LogP contribution in [0.25, 0.3) is 0 Å². The van der Waals surface area contributed by atoms with Crippen LogP contribution in [0.4, 0.5) is 5.69 Å². The summed E-state index contributed by atoms with van der Waals surface area (Å²) < 4.78 is 0. The average molecular weight is 243 g/mol. The molecule has 2 rings (SSSR count). The van der Waals surface area contributed by atoms with Gasteiger partial charge < -0.3 is 11.1 Å². The highest BCUT2D eigenvalue weighted by molar-refractivity contribution is 5.59. The minimum atomic E-state index is 0.294. The molecule has 1 aliphatic carbocycles. The van der Waals surface area contributed by atoms with Gasteiger partial charge in [-0.2, -0.15) is 5.26 Å². The zero-order valence-corrected chi connectivity index (χ0v) is 10.9. The zero-order chi connectivity index (χ0) is 13.0. The van der Waals surface area contributed by atoms with Crippen molar-refractivity contribution < 1.29 is 0 Å². The molecule has 0 radical (unpaired) electrons. The van der Waals surface area contributed by atoms with Gasteiger partial charge in [0.15, 0.2) is 0 Å². The molecule has 1 aromatic carbocycles. The van der Waals surface area contributed by atoms with Crippen molar-refractivity contribution in [1.82, 2.24) is 0 Å². The number of hydrogen-bond acceptors (Lipinski definition) is 3. The van der Waals surface area contributed by atoms with Gasteiger partial charge in [-0.3, -0.25) is 0 Å². The van der Waals surface area contributed by atoms with Crippen molar-refractivity contribution in [3.05, 3.63) is 29.3 Å². The predicted octanol–water partition coefficient (Wildman–Crippen LogP) is 2.80. The molecule has 18 heavy (non-hydrogen) atoms. The molecule has 0 bridgehead atoms. The van der Waals surface area contributed by atoms with Crippen molar-refractivity contribution in [3.63, 3.8) is 0 Å². The second kappa shape index (κ2) is 5.88. The van der Waals surface area contributed by atoms with Crippen molar-refractivity contribution >= 4 is 5.69 Å². The number of nitrogens with zero attached hydrogens (tertiary/aromatic N) is 1. The summed E-state index contributed by atoms with van der Waals surface area (Å²) in [7, 11) is 0. The molecular formula is C15H21N3. The van der Waals surface area contributed by atoms with E-state index >= 15 is 0 Å². The summed E-state index contributed by atoms with van der Waals surface area (Å²) in [5, 5.41) is 12.6. The Bertz CT molecular complexity index is 442. The molecule has 96 valence electrons. The van der Waals surface area contributed by atoms with E-state index in [4.69, 9.17) is 5.73 Å². The lowest BCUT2D eigenvalue weighted by atomic mass is 9.97. The van der Waals surface area contributed by atoms with Gasteiger partial charge in [-0.1, -0.05) is 18.9 Å². The maximum Gasteiger partial charge on any atom is 0.101 e. The third-order valence-corrected chi connectivity index (χ3v) is 3.86. The van der Waals surface area contributed by atoms with Gasteiger partial charge in [0.05, 0.1) is 11.3 Å². The van der Waals surface area contributed by atoms with Crippen molar-refractivity contribution in [2.45, 2.75) is 38.6 Å². The van der Waals surface area contributed by atoms with Crippen LogP contribution in [0.2, 0.25) is 0 Å². The number of aryl methyl sites for hydroxylation is 1. The number of rotatable bonds is 4. The molecule has 3 heteroatoms. The first-order chi connectivity index (χ1) is 8.74. The summed E-state index contributed by atoms with van der Waals surface area (Å²) in [6, 6.07) is 8.49. The minimum Gasteiger partial charge on any atom is -0.380 e. The Labute approximate surface area is 109 Å². The van der Waals surface area contributed by atoms with E-state index in [1.165, 1.54) is 25.7 Å². The van der Waals surface area contributed by atoms with Gasteiger partial charge in [-0.15, -0.1) is 0 Å². The number of nitriles is 1. The highest BCUT2D eigenvalue weighted by Gasteiger charge is 2.24. The lowest BCUT2D eigenvalue weighted by Gasteiger charge is -2.24. The fraction of sp³-hybridized carbons (Fsp3) is 0.533. The molecule has 1 saturated carbocycles. The van der Waals surface area contributed by atoms with Crippen LogP contribution >= 0.6 is 0 Å². The second-order valence-corrected chi connectivity index (χ2v) is 5.19. The van der Waals surface area contributed by atoms with Crippen molar-refractivity contribution in [3.8, 4) is 6.07 Å². The molecule has 3 N–H and O–H groups in total. The lowest BCUT2D eigenvalue weighted by Crippen LogP contribution is -2.35. The summed E-state index contributed by atoms with van der Waals surface area (Å²) in [5.74, 6) is 0.655. The molecule has 0 saturated heterocycles. The predicted molar refractivity (Wildman–Crippen MR) is 74.3 cm³/mol. The molecule has 1 aromatic rings. The Kier molecular flexibility index (Phi) is 4.22. The summed E-state index contributed by atoms with van der Waals surface area (Å²) in [5.41, 5.74) is 8.63. The molecule has 0 aromatic heterocycles. The van der Waals surface area contributed by atoms with E-state index in [0.717, 1.165) is 11.3 Å². The van der Waals surface area contributed by atoms with E-state index in [1.807, 2.05) is 25.1 Å². The van der Waals surface area contributed by atoms with Crippen LogP contribution in [0.1, 0.15) is 36.8 Å². The highest BCUT2D eigenvalue weighted by atomic mass is 14.9. The summed E-state index contributed by atoms with van der Waals surface area (Å²) in [6.07, 6.45) is 5.12. The first-order valence-electron chi connectivity index (χ1n) is 6.72. The van der Waals surface area contributed by atoms with E-state index < -0.39 is 0 Å². The van der Waals surface area contributed by atoms with Gasteiger partial charge in [0.25, 0.3) is 0 Å². The topological polar surface area (TPSA) is 61.8 Å². The second-order valence-electron chi connectivity index (χ2n) is 5.19. The van der Waals surface area contributed by atoms with Gasteiger partial charge in [0.1, 0.15) is 6.07 Å². The monoisotopic (exact) mass is 243 g/mol. The highest BCUT2D eigenvalue weighted by Crippen LogP contribution is 2.29. The molecule has 0 aliphatic heterocycles. The van der Waals surface area contributed by atoms with Gasteiger partial charge in [-0.25, -0.2) is 0 Å². The number of nitrogens with two attached hydrogens (primary N) is 1. The number of anilines is 1. The van der Waals surface area contributed by atoms with Crippen molar-refractivity contribution in [1.29, 1.82) is 5.26 Å². The van der Waals surface area contributed by atoms with Crippen LogP contribution in [0.3, 0.4) is 0 Å². The van der Waals surface area contributed by atoms with Crippen molar-refractivity contribution in [2.75, 3.05) is 11.9 Å². The molecular weight excluding hydrogens is 222 g/mol. The van der Waals surface area contributed by atoms with Crippen LogP contribution in [-0.4, -0.2) is 12.6 Å². The smallest absolute Gasteiger partial charge is 0.101 e. The Balaban J connectivity index is 2.14. The van der Waals surface area contributed by atoms with Crippen LogP contribution in [0.5, 0.6) is 0 Å². The van der Waals surface area contributed by atoms with E-state index in [0.29, 0.717) is 24.1 Å². The van der Waals surface area contributed by atoms with Crippen LogP contribution < -0.4 is 11.1 Å². The molecule has 0 amide bonds. The number of benzene rings is 1. The van der Waals surface area contributed by atoms with Crippen LogP contribution in [0.15, 0.2) is 18.2 Å². The Morgan fingerprint density at radius 1 is 1.44 bits per heavy atom. The molecule has 1 unspecified atom stereocenters. The SMILES string of the molecule is Cc1ccc(NC(CN)C2CCCC2)c(C#N)c1. The Morgan fingerprint density at radius 2 is 2.17 bits per heavy atom. The molecule has 0 heterocycles. The Hall–Kier alpha value is -1.53. The third-order valence-electron chi connectivity index (χ3n) is 3.86. The normalized spacial score (nSPS) is 17.4. The number of nitrogens with one attached hydrogen (secondary N) is 1. The van der Waals surface area contributed by atoms with E-state index in [-0.39, 0.29) is 0 Å². The average Bonchev–Trinajstić information content (AvgIpc) is 2.91. The summed E-state index contributed by atoms with van der Waals surface area (Å²) >= 11 is 0. The number of hydrogen-bond donors (Lipinski definition) is 2. The quantitative estimate of drug-likeness (QED) is 0.854. The fourth-order valence-electron chi connectivity index (χ4n) is 2.81.